The molecule has 4 heteroatoms. The highest BCUT2D eigenvalue weighted by atomic mass is 16.3. The Balaban J connectivity index is 1.37. The van der Waals surface area contributed by atoms with Gasteiger partial charge < -0.3 is 4.42 Å². The van der Waals surface area contributed by atoms with Crippen LogP contribution in [0.25, 0.3) is 67.6 Å². The van der Waals surface area contributed by atoms with Crippen LogP contribution in [0, 0.1) is 0 Å². The van der Waals surface area contributed by atoms with E-state index in [9.17, 15) is 0 Å². The van der Waals surface area contributed by atoms with Crippen molar-refractivity contribution in [2.45, 2.75) is 0 Å². The van der Waals surface area contributed by atoms with Gasteiger partial charge in [-0.25, -0.2) is 15.0 Å². The molecule has 0 aliphatic heterocycles. The Bertz CT molecular complexity index is 1840. The molecule has 2 aromatic heterocycles. The topological polar surface area (TPSA) is 51.8 Å². The van der Waals surface area contributed by atoms with E-state index in [4.69, 9.17) is 19.4 Å². The van der Waals surface area contributed by atoms with Crippen LogP contribution < -0.4 is 0 Å². The van der Waals surface area contributed by atoms with Crippen molar-refractivity contribution in [2.24, 2.45) is 0 Å². The van der Waals surface area contributed by atoms with Gasteiger partial charge in [-0.05, 0) is 41.5 Å². The fourth-order valence-electron chi connectivity index (χ4n) is 4.82. The van der Waals surface area contributed by atoms with Crippen molar-refractivity contribution >= 4 is 11.1 Å². The van der Waals surface area contributed by atoms with Crippen LogP contribution in [0.3, 0.4) is 0 Å². The summed E-state index contributed by atoms with van der Waals surface area (Å²) in [6.07, 6.45) is 0. The number of oxazole rings is 1. The predicted octanol–water partition coefficient (Wildman–Crippen LogP) is 8.95. The molecule has 5 aromatic carbocycles. The second kappa shape index (κ2) is 9.84. The summed E-state index contributed by atoms with van der Waals surface area (Å²) in [6.45, 7) is 0. The number of benzene rings is 5. The maximum atomic E-state index is 6.06. The molecule has 0 radical (unpaired) electrons. The van der Waals surface area contributed by atoms with Gasteiger partial charge in [-0.15, -0.1) is 0 Å². The minimum absolute atomic E-state index is 0.617. The van der Waals surface area contributed by atoms with Gasteiger partial charge in [-0.2, -0.15) is 0 Å². The number of hydrogen-bond donors (Lipinski definition) is 0. The lowest BCUT2D eigenvalue weighted by atomic mass is 9.96. The van der Waals surface area contributed by atoms with E-state index < -0.39 is 0 Å². The molecular formula is C35H23N3O. The van der Waals surface area contributed by atoms with Crippen LogP contribution in [-0.2, 0) is 0 Å². The average molecular weight is 502 g/mol. The maximum absolute atomic E-state index is 6.06. The third kappa shape index (κ3) is 4.49. The summed E-state index contributed by atoms with van der Waals surface area (Å²) in [5.74, 6) is 1.31. The van der Waals surface area contributed by atoms with E-state index in [1.807, 2.05) is 91.0 Å². The first-order valence-corrected chi connectivity index (χ1v) is 12.9. The summed E-state index contributed by atoms with van der Waals surface area (Å²) in [7, 11) is 0. The molecule has 0 aliphatic carbocycles. The van der Waals surface area contributed by atoms with Crippen LogP contribution >= 0.6 is 0 Å². The Labute approximate surface area is 226 Å². The van der Waals surface area contributed by atoms with Crippen molar-refractivity contribution in [3.63, 3.8) is 0 Å². The summed E-state index contributed by atoms with van der Waals surface area (Å²) in [4.78, 5) is 14.8. The van der Waals surface area contributed by atoms with Crippen molar-refractivity contribution in [2.75, 3.05) is 0 Å². The molecular weight excluding hydrogens is 478 g/mol. The minimum atomic E-state index is 0.617. The van der Waals surface area contributed by atoms with Crippen LogP contribution in [-0.4, -0.2) is 15.0 Å². The van der Waals surface area contributed by atoms with E-state index in [1.165, 1.54) is 0 Å². The summed E-state index contributed by atoms with van der Waals surface area (Å²) in [5, 5.41) is 0. The van der Waals surface area contributed by atoms with Crippen molar-refractivity contribution in [1.29, 1.82) is 0 Å². The molecule has 0 aliphatic rings. The van der Waals surface area contributed by atoms with Crippen LogP contribution in [0.4, 0.5) is 0 Å². The second-order valence-electron chi connectivity index (χ2n) is 9.31. The number of hydrogen-bond acceptors (Lipinski definition) is 4. The third-order valence-corrected chi connectivity index (χ3v) is 6.75. The smallest absolute Gasteiger partial charge is 0.227 e. The number of fused-ring (bicyclic) bond motifs is 1. The third-order valence-electron chi connectivity index (χ3n) is 6.75. The molecule has 39 heavy (non-hydrogen) atoms. The fraction of sp³-hybridized carbons (Fsp3) is 0. The molecule has 0 saturated heterocycles. The Morgan fingerprint density at radius 2 is 1.00 bits per heavy atom. The zero-order chi connectivity index (χ0) is 26.0. The Morgan fingerprint density at radius 1 is 0.410 bits per heavy atom. The van der Waals surface area contributed by atoms with E-state index in [0.717, 1.165) is 55.9 Å². The van der Waals surface area contributed by atoms with Crippen LogP contribution in [0.5, 0.6) is 0 Å². The lowest BCUT2D eigenvalue weighted by Gasteiger charge is -2.13. The molecule has 0 bridgehead atoms. The molecule has 4 nitrogen and oxygen atoms in total. The van der Waals surface area contributed by atoms with Gasteiger partial charge in [-0.1, -0.05) is 109 Å². The highest BCUT2D eigenvalue weighted by molar-refractivity contribution is 5.89. The predicted molar refractivity (Wildman–Crippen MR) is 157 cm³/mol. The van der Waals surface area contributed by atoms with E-state index in [-0.39, 0.29) is 0 Å². The second-order valence-corrected chi connectivity index (χ2v) is 9.31. The Hall–Kier alpha value is -5.35. The van der Waals surface area contributed by atoms with Gasteiger partial charge in [0.25, 0.3) is 0 Å². The maximum Gasteiger partial charge on any atom is 0.227 e. The van der Waals surface area contributed by atoms with Gasteiger partial charge in [-0.3, -0.25) is 0 Å². The Kier molecular flexibility index (Phi) is 5.76. The van der Waals surface area contributed by atoms with Crippen LogP contribution in [0.2, 0.25) is 0 Å². The van der Waals surface area contributed by atoms with Crippen LogP contribution in [0.15, 0.2) is 144 Å². The molecule has 0 fully saturated rings. The van der Waals surface area contributed by atoms with Gasteiger partial charge in [0.1, 0.15) is 5.52 Å². The number of aromatic nitrogens is 3. The zero-order valence-electron chi connectivity index (χ0n) is 21.0. The summed E-state index contributed by atoms with van der Waals surface area (Å²) in [6, 6.07) is 46.9. The summed E-state index contributed by atoms with van der Waals surface area (Å²) < 4.78 is 6.06. The molecule has 7 rings (SSSR count). The number of nitrogens with zero attached hydrogens (tertiary/aromatic N) is 3. The monoisotopic (exact) mass is 501 g/mol. The fourth-order valence-corrected chi connectivity index (χ4v) is 4.82. The van der Waals surface area contributed by atoms with Crippen molar-refractivity contribution in [3.05, 3.63) is 140 Å². The molecule has 0 spiro atoms. The standard InChI is InChI=1S/C35H23N3O/c1-4-12-24(13-5-1)30-23-31(37-34(36-30)25-14-6-2-7-15-25)29-19-11-10-18-28(29)27-20-21-33-32(22-27)38-35(39-33)26-16-8-3-9-17-26/h1-23H. The molecule has 0 unspecified atom stereocenters. The largest absolute Gasteiger partial charge is 0.436 e. The molecule has 0 atom stereocenters. The normalized spacial score (nSPS) is 11.1. The highest BCUT2D eigenvalue weighted by Gasteiger charge is 2.15. The minimum Gasteiger partial charge on any atom is -0.436 e. The van der Waals surface area contributed by atoms with Crippen molar-refractivity contribution in [3.8, 4) is 56.5 Å². The molecule has 0 amide bonds. The lowest BCUT2D eigenvalue weighted by Crippen LogP contribution is -1.97. The molecule has 184 valence electrons. The van der Waals surface area contributed by atoms with Crippen molar-refractivity contribution < 1.29 is 4.42 Å². The van der Waals surface area contributed by atoms with Gasteiger partial charge in [0.05, 0.1) is 11.4 Å². The molecule has 0 N–H and O–H groups in total. The van der Waals surface area contributed by atoms with E-state index in [1.54, 1.807) is 0 Å². The van der Waals surface area contributed by atoms with Gasteiger partial charge in [0.15, 0.2) is 11.4 Å². The van der Waals surface area contributed by atoms with E-state index >= 15 is 0 Å². The average Bonchev–Trinajstić information content (AvgIpc) is 3.46. The van der Waals surface area contributed by atoms with E-state index in [2.05, 4.69) is 48.5 Å². The highest BCUT2D eigenvalue weighted by Crippen LogP contribution is 2.36. The summed E-state index contributed by atoms with van der Waals surface area (Å²) >= 11 is 0. The first-order chi connectivity index (χ1) is 19.3. The zero-order valence-corrected chi connectivity index (χ0v) is 21.0. The lowest BCUT2D eigenvalue weighted by molar-refractivity contribution is 0.620. The molecule has 0 saturated carbocycles. The van der Waals surface area contributed by atoms with E-state index in [0.29, 0.717) is 11.7 Å². The molecule has 2 heterocycles. The SMILES string of the molecule is c1ccc(-c2cc(-c3ccccc3-c3ccc4oc(-c5ccccc5)nc4c3)nc(-c3ccccc3)n2)cc1. The Morgan fingerprint density at radius 3 is 1.72 bits per heavy atom. The number of rotatable bonds is 5. The summed E-state index contributed by atoms with van der Waals surface area (Å²) in [5.41, 5.74) is 9.46. The van der Waals surface area contributed by atoms with Gasteiger partial charge in [0.2, 0.25) is 5.89 Å². The van der Waals surface area contributed by atoms with Gasteiger partial charge in [0, 0.05) is 22.3 Å². The van der Waals surface area contributed by atoms with Gasteiger partial charge >= 0.3 is 0 Å². The molecule has 7 aromatic rings. The quantitative estimate of drug-likeness (QED) is 0.236. The van der Waals surface area contributed by atoms with Crippen LogP contribution in [0.1, 0.15) is 0 Å². The van der Waals surface area contributed by atoms with Crippen molar-refractivity contribution in [1.82, 2.24) is 15.0 Å². The first kappa shape index (κ1) is 22.8. The first-order valence-electron chi connectivity index (χ1n) is 12.9.